The molecule has 2 N–H and O–H groups in total. The maximum atomic E-state index is 10.7. The van der Waals surface area contributed by atoms with Crippen molar-refractivity contribution in [1.82, 2.24) is 10.1 Å². The van der Waals surface area contributed by atoms with Crippen LogP contribution in [0.4, 0.5) is 0 Å². The Labute approximate surface area is 83.8 Å². The van der Waals surface area contributed by atoms with Crippen LogP contribution in [0, 0.1) is 0 Å². The highest BCUT2D eigenvalue weighted by atomic mass is 16.5. The van der Waals surface area contributed by atoms with Gasteiger partial charge in [-0.3, -0.25) is 9.51 Å². The third kappa shape index (κ3) is 1.78. The summed E-state index contributed by atoms with van der Waals surface area (Å²) in [6.45, 7) is 0. The third-order valence-electron chi connectivity index (χ3n) is 1.81. The largest absolute Gasteiger partial charge is 0.439 e. The normalized spacial score (nSPS) is 11.6. The molecule has 1 aromatic carbocycles. The highest BCUT2D eigenvalue weighted by molar-refractivity contribution is 6.09. The van der Waals surface area contributed by atoms with E-state index < -0.39 is 5.76 Å². The van der Waals surface area contributed by atoms with Crippen molar-refractivity contribution < 1.29 is 9.73 Å². The molecular weight excluding hydrogens is 198 g/mol. The van der Waals surface area contributed by atoms with E-state index >= 15 is 0 Å². The van der Waals surface area contributed by atoms with Gasteiger partial charge in [0.25, 0.3) is 0 Å². The smallest absolute Gasteiger partial charge is 0.410 e. The standard InChI is InChI=1S/C9H7N3O3/c13-9-10-8(12-15-9)7(11-14)6-4-2-1-3-5-6/h1-5,14H,(H,10,12,13)/b11-7-. The predicted octanol–water partition coefficient (Wildman–Crippen LogP) is 0.590. The van der Waals surface area contributed by atoms with E-state index in [2.05, 4.69) is 19.8 Å². The molecule has 76 valence electrons. The van der Waals surface area contributed by atoms with Crippen molar-refractivity contribution in [1.29, 1.82) is 0 Å². The first-order chi connectivity index (χ1) is 7.31. The highest BCUT2D eigenvalue weighted by Crippen LogP contribution is 2.05. The van der Waals surface area contributed by atoms with Crippen LogP contribution in [0.5, 0.6) is 0 Å². The lowest BCUT2D eigenvalue weighted by molar-refractivity contribution is 0.318. The maximum absolute atomic E-state index is 10.7. The molecule has 0 saturated carbocycles. The van der Waals surface area contributed by atoms with E-state index in [1.807, 2.05) is 6.07 Å². The molecule has 1 heterocycles. The summed E-state index contributed by atoms with van der Waals surface area (Å²) >= 11 is 0. The monoisotopic (exact) mass is 205 g/mol. The fraction of sp³-hybridized carbons (Fsp3) is 0. The zero-order valence-electron chi connectivity index (χ0n) is 7.54. The minimum absolute atomic E-state index is 0.0914. The van der Waals surface area contributed by atoms with Gasteiger partial charge in [0.1, 0.15) is 0 Å². The number of benzene rings is 1. The summed E-state index contributed by atoms with van der Waals surface area (Å²) < 4.78 is 4.32. The average Bonchev–Trinajstić information content (AvgIpc) is 2.68. The first-order valence-electron chi connectivity index (χ1n) is 4.15. The van der Waals surface area contributed by atoms with E-state index in [1.54, 1.807) is 24.3 Å². The van der Waals surface area contributed by atoms with Gasteiger partial charge >= 0.3 is 5.76 Å². The number of aromatic nitrogens is 2. The van der Waals surface area contributed by atoms with E-state index in [-0.39, 0.29) is 11.5 Å². The van der Waals surface area contributed by atoms with Gasteiger partial charge < -0.3 is 5.21 Å². The third-order valence-corrected chi connectivity index (χ3v) is 1.81. The molecular formula is C9H7N3O3. The lowest BCUT2D eigenvalue weighted by Gasteiger charge is -1.98. The summed E-state index contributed by atoms with van der Waals surface area (Å²) in [7, 11) is 0. The molecule has 1 aromatic heterocycles. The topological polar surface area (TPSA) is 91.5 Å². The Bertz CT molecular complexity index is 527. The summed E-state index contributed by atoms with van der Waals surface area (Å²) in [6, 6.07) is 8.82. The minimum atomic E-state index is -0.693. The maximum Gasteiger partial charge on any atom is 0.439 e. The van der Waals surface area contributed by atoms with E-state index in [4.69, 9.17) is 5.21 Å². The van der Waals surface area contributed by atoms with Crippen molar-refractivity contribution in [2.75, 3.05) is 0 Å². The van der Waals surface area contributed by atoms with E-state index in [0.29, 0.717) is 5.56 Å². The van der Waals surface area contributed by atoms with Crippen molar-refractivity contribution >= 4 is 5.71 Å². The number of aromatic amines is 1. The fourth-order valence-electron chi connectivity index (χ4n) is 1.17. The molecule has 0 bridgehead atoms. The number of hydrogen-bond donors (Lipinski definition) is 2. The van der Waals surface area contributed by atoms with Crippen LogP contribution in [0.2, 0.25) is 0 Å². The molecule has 0 unspecified atom stereocenters. The molecule has 2 aromatic rings. The summed E-state index contributed by atoms with van der Waals surface area (Å²) in [4.78, 5) is 13.0. The SMILES string of the molecule is O=c1[nH]c(/C(=N\O)c2ccccc2)no1. The van der Waals surface area contributed by atoms with Crippen LogP contribution < -0.4 is 5.76 Å². The lowest BCUT2D eigenvalue weighted by atomic mass is 10.1. The van der Waals surface area contributed by atoms with Gasteiger partial charge in [-0.05, 0) is 0 Å². The van der Waals surface area contributed by atoms with Crippen LogP contribution >= 0.6 is 0 Å². The summed E-state index contributed by atoms with van der Waals surface area (Å²) in [5, 5.41) is 15.3. The molecule has 6 heteroatoms. The van der Waals surface area contributed by atoms with Gasteiger partial charge in [-0.25, -0.2) is 4.79 Å². The summed E-state index contributed by atoms with van der Waals surface area (Å²) in [6.07, 6.45) is 0. The first-order valence-corrected chi connectivity index (χ1v) is 4.15. The van der Waals surface area contributed by atoms with E-state index in [0.717, 1.165) is 0 Å². The Kier molecular flexibility index (Phi) is 2.32. The van der Waals surface area contributed by atoms with Gasteiger partial charge in [-0.1, -0.05) is 40.6 Å². The van der Waals surface area contributed by atoms with Gasteiger partial charge in [0.05, 0.1) is 0 Å². The van der Waals surface area contributed by atoms with E-state index in [9.17, 15) is 4.79 Å². The van der Waals surface area contributed by atoms with Crippen LogP contribution in [0.3, 0.4) is 0 Å². The lowest BCUT2D eigenvalue weighted by Crippen LogP contribution is -2.07. The second kappa shape index (κ2) is 3.79. The number of rotatable bonds is 2. The molecule has 0 spiro atoms. The second-order valence-corrected chi connectivity index (χ2v) is 2.76. The first kappa shape index (κ1) is 9.20. The number of nitrogens with one attached hydrogen (secondary N) is 1. The molecule has 0 atom stereocenters. The zero-order valence-corrected chi connectivity index (χ0v) is 7.54. The molecule has 15 heavy (non-hydrogen) atoms. The quantitative estimate of drug-likeness (QED) is 0.426. The zero-order chi connectivity index (χ0) is 10.7. The van der Waals surface area contributed by atoms with Crippen LogP contribution in [0.1, 0.15) is 11.4 Å². The van der Waals surface area contributed by atoms with Crippen molar-refractivity contribution in [3.63, 3.8) is 0 Å². The molecule has 2 rings (SSSR count). The van der Waals surface area contributed by atoms with Crippen LogP contribution in [-0.4, -0.2) is 21.1 Å². The second-order valence-electron chi connectivity index (χ2n) is 2.76. The molecule has 0 fully saturated rings. The van der Waals surface area contributed by atoms with Gasteiger partial charge in [-0.15, -0.1) is 0 Å². The molecule has 0 aliphatic carbocycles. The van der Waals surface area contributed by atoms with Gasteiger partial charge in [0.2, 0.25) is 5.82 Å². The molecule has 0 radical (unpaired) electrons. The highest BCUT2D eigenvalue weighted by Gasteiger charge is 2.12. The Balaban J connectivity index is 2.47. The Morgan fingerprint density at radius 1 is 1.40 bits per heavy atom. The fourth-order valence-corrected chi connectivity index (χ4v) is 1.17. The van der Waals surface area contributed by atoms with Crippen LogP contribution in [0.15, 0.2) is 44.8 Å². The molecule has 0 aliphatic heterocycles. The van der Waals surface area contributed by atoms with Gasteiger partial charge in [0, 0.05) is 5.56 Å². The minimum Gasteiger partial charge on any atom is -0.410 e. The van der Waals surface area contributed by atoms with Crippen molar-refractivity contribution in [2.24, 2.45) is 5.16 Å². The molecule has 0 aliphatic rings. The predicted molar refractivity (Wildman–Crippen MR) is 51.0 cm³/mol. The van der Waals surface area contributed by atoms with Crippen LogP contribution in [-0.2, 0) is 0 Å². The average molecular weight is 205 g/mol. The Morgan fingerprint density at radius 2 is 2.13 bits per heavy atom. The molecule has 6 nitrogen and oxygen atoms in total. The Hall–Kier alpha value is -2.37. The van der Waals surface area contributed by atoms with E-state index in [1.165, 1.54) is 0 Å². The van der Waals surface area contributed by atoms with Crippen molar-refractivity contribution in [3.8, 4) is 0 Å². The van der Waals surface area contributed by atoms with Gasteiger partial charge in [-0.2, -0.15) is 0 Å². The summed E-state index contributed by atoms with van der Waals surface area (Å²) in [5.74, 6) is -0.601. The van der Waals surface area contributed by atoms with Crippen molar-refractivity contribution in [3.05, 3.63) is 52.3 Å². The number of oxime groups is 1. The Morgan fingerprint density at radius 3 is 2.67 bits per heavy atom. The van der Waals surface area contributed by atoms with Crippen molar-refractivity contribution in [2.45, 2.75) is 0 Å². The van der Waals surface area contributed by atoms with Crippen LogP contribution in [0.25, 0.3) is 0 Å². The number of hydrogen-bond acceptors (Lipinski definition) is 5. The molecule has 0 saturated heterocycles. The molecule has 0 amide bonds. The van der Waals surface area contributed by atoms with Gasteiger partial charge in [0.15, 0.2) is 5.71 Å². The number of H-pyrrole nitrogens is 1. The number of nitrogens with zero attached hydrogens (tertiary/aromatic N) is 2. The summed E-state index contributed by atoms with van der Waals surface area (Å²) in [5.41, 5.74) is 0.783.